The summed E-state index contributed by atoms with van der Waals surface area (Å²) in [7, 11) is 3.52. The Hall–Kier alpha value is -1.30. The average molecular weight is 502 g/mol. The van der Waals surface area contributed by atoms with E-state index in [4.69, 9.17) is 9.47 Å². The maximum Gasteiger partial charge on any atom is 0.422 e. The van der Waals surface area contributed by atoms with Gasteiger partial charge in [-0.25, -0.2) is 4.98 Å². The van der Waals surface area contributed by atoms with Crippen molar-refractivity contribution in [2.24, 2.45) is 10.9 Å². The number of ether oxygens (including phenoxy) is 2. The number of pyridine rings is 1. The molecule has 154 valence electrons. The number of likely N-dealkylation sites (N-methyl/N-ethyl adjacent to an activating group) is 1. The maximum absolute atomic E-state index is 12.3. The fraction of sp³-hybridized carbons (Fsp3) is 0.647. The zero-order valence-corrected chi connectivity index (χ0v) is 17.8. The van der Waals surface area contributed by atoms with Gasteiger partial charge in [0.25, 0.3) is 0 Å². The van der Waals surface area contributed by atoms with Crippen LogP contribution < -0.4 is 10.1 Å². The van der Waals surface area contributed by atoms with Crippen LogP contribution >= 0.6 is 24.0 Å². The summed E-state index contributed by atoms with van der Waals surface area (Å²) in [6.07, 6.45) is -0.502. The predicted octanol–water partition coefficient (Wildman–Crippen LogP) is 3.07. The Kier molecular flexibility index (Phi) is 10.1. The molecular formula is C17H26F3IN4O2. The zero-order valence-electron chi connectivity index (χ0n) is 15.5. The van der Waals surface area contributed by atoms with E-state index in [0.717, 1.165) is 12.5 Å². The Labute approximate surface area is 174 Å². The summed E-state index contributed by atoms with van der Waals surface area (Å²) in [4.78, 5) is 9.96. The fourth-order valence-electron chi connectivity index (χ4n) is 2.24. The van der Waals surface area contributed by atoms with Crippen LogP contribution in [0, 0.1) is 5.92 Å². The highest BCUT2D eigenvalue weighted by molar-refractivity contribution is 14.0. The van der Waals surface area contributed by atoms with Crippen LogP contribution in [0.25, 0.3) is 0 Å². The number of nitrogens with one attached hydrogen (secondary N) is 1. The van der Waals surface area contributed by atoms with Crippen LogP contribution in [0.4, 0.5) is 13.2 Å². The first kappa shape index (κ1) is 23.7. The monoisotopic (exact) mass is 502 g/mol. The van der Waals surface area contributed by atoms with Gasteiger partial charge in [-0.2, -0.15) is 13.2 Å². The van der Waals surface area contributed by atoms with Crippen molar-refractivity contribution in [3.05, 3.63) is 23.9 Å². The van der Waals surface area contributed by atoms with Crippen molar-refractivity contribution in [3.8, 4) is 5.88 Å². The summed E-state index contributed by atoms with van der Waals surface area (Å²) in [6.45, 7) is 0.942. The lowest BCUT2D eigenvalue weighted by Gasteiger charge is -2.22. The molecule has 1 aromatic rings. The molecule has 27 heavy (non-hydrogen) atoms. The van der Waals surface area contributed by atoms with E-state index in [0.29, 0.717) is 24.7 Å². The molecule has 1 fully saturated rings. The van der Waals surface area contributed by atoms with Gasteiger partial charge in [-0.15, -0.1) is 24.0 Å². The van der Waals surface area contributed by atoms with E-state index in [9.17, 15) is 13.2 Å². The number of hydrogen-bond acceptors (Lipinski definition) is 4. The van der Waals surface area contributed by atoms with Crippen LogP contribution in [0.5, 0.6) is 5.88 Å². The Bertz CT molecular complexity index is 598. The van der Waals surface area contributed by atoms with Gasteiger partial charge in [0, 0.05) is 45.6 Å². The predicted molar refractivity (Wildman–Crippen MR) is 108 cm³/mol. The molecule has 0 atom stereocenters. The molecule has 2 rings (SSSR count). The molecule has 0 saturated heterocycles. The largest absolute Gasteiger partial charge is 0.468 e. The van der Waals surface area contributed by atoms with E-state index in [1.165, 1.54) is 19.0 Å². The molecule has 1 aromatic heterocycles. The van der Waals surface area contributed by atoms with Crippen molar-refractivity contribution in [2.45, 2.75) is 25.6 Å². The number of nitrogens with zero attached hydrogens (tertiary/aromatic N) is 3. The lowest BCUT2D eigenvalue weighted by Crippen LogP contribution is -2.40. The first-order chi connectivity index (χ1) is 12.4. The molecule has 0 spiro atoms. The smallest absolute Gasteiger partial charge is 0.422 e. The number of aromatic nitrogens is 1. The second kappa shape index (κ2) is 11.5. The molecule has 0 amide bonds. The first-order valence-electron chi connectivity index (χ1n) is 8.52. The summed E-state index contributed by atoms with van der Waals surface area (Å²) in [5, 5.41) is 3.10. The van der Waals surface area contributed by atoms with Crippen molar-refractivity contribution in [1.82, 2.24) is 15.2 Å². The molecule has 1 saturated carbocycles. The van der Waals surface area contributed by atoms with Crippen LogP contribution in [0.1, 0.15) is 18.4 Å². The summed E-state index contributed by atoms with van der Waals surface area (Å²) in [5.74, 6) is 1.30. The molecule has 1 aliphatic carbocycles. The van der Waals surface area contributed by atoms with Gasteiger partial charge in [-0.1, -0.05) is 6.07 Å². The Morgan fingerprint density at radius 1 is 1.41 bits per heavy atom. The van der Waals surface area contributed by atoms with Gasteiger partial charge in [0.15, 0.2) is 12.6 Å². The summed E-state index contributed by atoms with van der Waals surface area (Å²) < 4.78 is 47.4. The van der Waals surface area contributed by atoms with Crippen molar-refractivity contribution in [3.63, 3.8) is 0 Å². The van der Waals surface area contributed by atoms with Crippen LogP contribution in [0.2, 0.25) is 0 Å². The molecule has 0 unspecified atom stereocenters. The van der Waals surface area contributed by atoms with Crippen molar-refractivity contribution in [1.29, 1.82) is 0 Å². The van der Waals surface area contributed by atoms with E-state index in [-0.39, 0.29) is 36.4 Å². The van der Waals surface area contributed by atoms with E-state index < -0.39 is 12.8 Å². The molecule has 10 heteroatoms. The molecule has 0 bridgehead atoms. The Morgan fingerprint density at radius 2 is 2.15 bits per heavy atom. The minimum absolute atomic E-state index is 0. The molecule has 0 aliphatic heterocycles. The van der Waals surface area contributed by atoms with Gasteiger partial charge >= 0.3 is 6.18 Å². The van der Waals surface area contributed by atoms with Crippen molar-refractivity contribution < 1.29 is 22.6 Å². The lowest BCUT2D eigenvalue weighted by molar-refractivity contribution is -0.154. The normalized spacial score (nSPS) is 14.5. The van der Waals surface area contributed by atoms with Crippen LogP contribution in [0.3, 0.4) is 0 Å². The van der Waals surface area contributed by atoms with E-state index in [1.54, 1.807) is 19.2 Å². The van der Waals surface area contributed by atoms with Gasteiger partial charge in [0.05, 0.1) is 6.61 Å². The SMILES string of the molecule is CN=C(NCc1cccnc1OCC(F)(F)F)N(C)CCOCC1CC1.I. The summed E-state index contributed by atoms with van der Waals surface area (Å²) in [6, 6.07) is 3.31. The quantitative estimate of drug-likeness (QED) is 0.244. The Balaban J connectivity index is 0.00000364. The average Bonchev–Trinajstić information content (AvgIpc) is 3.42. The number of alkyl halides is 3. The molecular weight excluding hydrogens is 476 g/mol. The minimum Gasteiger partial charge on any atom is -0.468 e. The van der Waals surface area contributed by atoms with E-state index in [2.05, 4.69) is 15.3 Å². The summed E-state index contributed by atoms with van der Waals surface area (Å²) >= 11 is 0. The van der Waals surface area contributed by atoms with Gasteiger partial charge in [0.2, 0.25) is 5.88 Å². The van der Waals surface area contributed by atoms with Gasteiger partial charge < -0.3 is 19.7 Å². The number of rotatable bonds is 9. The third-order valence-electron chi connectivity index (χ3n) is 3.85. The number of aliphatic imine (C=N–C) groups is 1. The topological polar surface area (TPSA) is 59.0 Å². The third kappa shape index (κ3) is 9.45. The van der Waals surface area contributed by atoms with E-state index in [1.807, 2.05) is 11.9 Å². The molecule has 6 nitrogen and oxygen atoms in total. The van der Waals surface area contributed by atoms with Crippen molar-refractivity contribution >= 4 is 29.9 Å². The lowest BCUT2D eigenvalue weighted by atomic mass is 10.2. The highest BCUT2D eigenvalue weighted by Crippen LogP contribution is 2.28. The molecule has 1 heterocycles. The highest BCUT2D eigenvalue weighted by atomic mass is 127. The number of guanidine groups is 1. The van der Waals surface area contributed by atoms with Gasteiger partial charge in [-0.05, 0) is 24.8 Å². The fourth-order valence-corrected chi connectivity index (χ4v) is 2.24. The van der Waals surface area contributed by atoms with Gasteiger partial charge in [-0.3, -0.25) is 4.99 Å². The molecule has 1 N–H and O–H groups in total. The van der Waals surface area contributed by atoms with Crippen LogP contribution in [0.15, 0.2) is 23.3 Å². The summed E-state index contributed by atoms with van der Waals surface area (Å²) in [5.41, 5.74) is 0.524. The standard InChI is InChI=1S/C17H25F3N4O2.HI/c1-21-16(24(2)8-9-25-11-13-5-6-13)23-10-14-4-3-7-22-15(14)26-12-17(18,19)20;/h3-4,7,13H,5-6,8-12H2,1-2H3,(H,21,23);1H. The highest BCUT2D eigenvalue weighted by Gasteiger charge is 2.29. The van der Waals surface area contributed by atoms with Crippen LogP contribution in [-0.2, 0) is 11.3 Å². The molecule has 1 aliphatic rings. The second-order valence-electron chi connectivity index (χ2n) is 6.21. The van der Waals surface area contributed by atoms with E-state index >= 15 is 0 Å². The third-order valence-corrected chi connectivity index (χ3v) is 3.85. The molecule has 0 aromatic carbocycles. The molecule has 0 radical (unpaired) electrons. The minimum atomic E-state index is -4.40. The number of hydrogen-bond donors (Lipinski definition) is 1. The zero-order chi connectivity index (χ0) is 19.0. The van der Waals surface area contributed by atoms with Gasteiger partial charge in [0.1, 0.15) is 0 Å². The number of halogens is 4. The Morgan fingerprint density at radius 3 is 2.78 bits per heavy atom. The van der Waals surface area contributed by atoms with Crippen molar-refractivity contribution in [2.75, 3.05) is 40.5 Å². The second-order valence-corrected chi connectivity index (χ2v) is 6.21. The van der Waals surface area contributed by atoms with Crippen LogP contribution in [-0.4, -0.2) is 62.5 Å². The first-order valence-corrected chi connectivity index (χ1v) is 8.52. The maximum atomic E-state index is 12.3.